The van der Waals surface area contributed by atoms with Crippen molar-refractivity contribution in [2.24, 2.45) is 0 Å². The van der Waals surface area contributed by atoms with Crippen molar-refractivity contribution < 1.29 is 4.79 Å². The van der Waals surface area contributed by atoms with Crippen LogP contribution in [0.15, 0.2) is 24.3 Å². The molecular weight excluding hydrogens is 192 g/mol. The number of hydrogen-bond donors (Lipinski definition) is 1. The van der Waals surface area contributed by atoms with Crippen LogP contribution in [0.4, 0.5) is 0 Å². The molecule has 0 bridgehead atoms. The fourth-order valence-electron chi connectivity index (χ4n) is 1.22. The van der Waals surface area contributed by atoms with Gasteiger partial charge in [0.15, 0.2) is 5.78 Å². The predicted molar refractivity (Wildman–Crippen MR) is 64.1 cm³/mol. The van der Waals surface area contributed by atoms with Crippen LogP contribution in [0.5, 0.6) is 0 Å². The number of rotatable bonds is 3. The van der Waals surface area contributed by atoms with Gasteiger partial charge in [-0.3, -0.25) is 4.79 Å². The Bertz CT molecular complexity index is 367. The standard InChI is InChI=1S/C12H14OS/c1-9-5-6-12(10(2)13)8-11(9)4-3-7-14/h3-6,8,14H,7H2,1-2H3. The summed E-state index contributed by atoms with van der Waals surface area (Å²) >= 11 is 4.10. The summed E-state index contributed by atoms with van der Waals surface area (Å²) in [4.78, 5) is 11.1. The van der Waals surface area contributed by atoms with Crippen molar-refractivity contribution in [3.8, 4) is 0 Å². The Labute approximate surface area is 90.2 Å². The third-order valence-corrected chi connectivity index (χ3v) is 2.30. The van der Waals surface area contributed by atoms with E-state index in [2.05, 4.69) is 12.6 Å². The van der Waals surface area contributed by atoms with Gasteiger partial charge in [0, 0.05) is 11.3 Å². The van der Waals surface area contributed by atoms with E-state index in [-0.39, 0.29) is 5.78 Å². The second kappa shape index (κ2) is 5.01. The summed E-state index contributed by atoms with van der Waals surface area (Å²) < 4.78 is 0. The molecule has 0 aliphatic carbocycles. The number of carbonyl (C=O) groups excluding carboxylic acids is 1. The molecule has 0 saturated carbocycles. The Balaban J connectivity index is 3.08. The zero-order valence-electron chi connectivity index (χ0n) is 8.45. The summed E-state index contributed by atoms with van der Waals surface area (Å²) in [6.07, 6.45) is 3.96. The van der Waals surface area contributed by atoms with Crippen molar-refractivity contribution in [1.29, 1.82) is 0 Å². The molecule has 0 radical (unpaired) electrons. The second-order valence-electron chi connectivity index (χ2n) is 3.21. The molecule has 0 aliphatic rings. The van der Waals surface area contributed by atoms with Gasteiger partial charge in [-0.05, 0) is 31.0 Å². The summed E-state index contributed by atoms with van der Waals surface area (Å²) in [7, 11) is 0. The third kappa shape index (κ3) is 2.74. The zero-order valence-corrected chi connectivity index (χ0v) is 9.34. The summed E-state index contributed by atoms with van der Waals surface area (Å²) in [6.45, 7) is 3.61. The highest BCUT2D eigenvalue weighted by molar-refractivity contribution is 7.80. The van der Waals surface area contributed by atoms with Crippen LogP contribution in [0.3, 0.4) is 0 Å². The molecule has 0 N–H and O–H groups in total. The summed E-state index contributed by atoms with van der Waals surface area (Å²) in [6, 6.07) is 5.74. The van der Waals surface area contributed by atoms with Crippen LogP contribution in [-0.2, 0) is 0 Å². The predicted octanol–water partition coefficient (Wildman–Crippen LogP) is 3.14. The molecule has 0 spiro atoms. The molecular formula is C12H14OS. The first kappa shape index (κ1) is 11.1. The van der Waals surface area contributed by atoms with E-state index in [9.17, 15) is 4.79 Å². The van der Waals surface area contributed by atoms with E-state index in [0.717, 1.165) is 11.1 Å². The lowest BCUT2D eigenvalue weighted by Gasteiger charge is -2.02. The van der Waals surface area contributed by atoms with E-state index >= 15 is 0 Å². The largest absolute Gasteiger partial charge is 0.295 e. The Hall–Kier alpha value is -1.02. The van der Waals surface area contributed by atoms with Gasteiger partial charge in [-0.15, -0.1) is 0 Å². The van der Waals surface area contributed by atoms with Crippen molar-refractivity contribution in [3.63, 3.8) is 0 Å². The maximum Gasteiger partial charge on any atom is 0.159 e. The van der Waals surface area contributed by atoms with Gasteiger partial charge >= 0.3 is 0 Å². The molecule has 1 aromatic rings. The number of thiol groups is 1. The van der Waals surface area contributed by atoms with Crippen LogP contribution in [0.1, 0.15) is 28.4 Å². The van der Waals surface area contributed by atoms with Crippen molar-refractivity contribution in [1.82, 2.24) is 0 Å². The highest BCUT2D eigenvalue weighted by Gasteiger charge is 2.01. The highest BCUT2D eigenvalue weighted by Crippen LogP contribution is 2.13. The second-order valence-corrected chi connectivity index (χ2v) is 3.58. The van der Waals surface area contributed by atoms with Gasteiger partial charge in [-0.25, -0.2) is 0 Å². The maximum atomic E-state index is 11.1. The van der Waals surface area contributed by atoms with Crippen LogP contribution < -0.4 is 0 Å². The lowest BCUT2D eigenvalue weighted by molar-refractivity contribution is 0.101. The van der Waals surface area contributed by atoms with Gasteiger partial charge in [-0.2, -0.15) is 12.6 Å². The lowest BCUT2D eigenvalue weighted by atomic mass is 10.0. The van der Waals surface area contributed by atoms with E-state index in [0.29, 0.717) is 5.75 Å². The number of hydrogen-bond acceptors (Lipinski definition) is 2. The number of benzene rings is 1. The molecule has 1 rings (SSSR count). The molecule has 14 heavy (non-hydrogen) atoms. The third-order valence-electron chi connectivity index (χ3n) is 2.09. The topological polar surface area (TPSA) is 17.1 Å². The number of Topliss-reactive ketones (excluding diaryl/α,β-unsaturated/α-hetero) is 1. The number of aryl methyl sites for hydroxylation is 1. The summed E-state index contributed by atoms with van der Waals surface area (Å²) in [5, 5.41) is 0. The molecule has 1 nitrogen and oxygen atoms in total. The molecule has 0 atom stereocenters. The summed E-state index contributed by atoms with van der Waals surface area (Å²) in [5.41, 5.74) is 3.02. The molecule has 0 fully saturated rings. The van der Waals surface area contributed by atoms with Gasteiger partial charge in [0.1, 0.15) is 0 Å². The Kier molecular flexibility index (Phi) is 3.96. The van der Waals surface area contributed by atoms with E-state index in [1.54, 1.807) is 6.92 Å². The van der Waals surface area contributed by atoms with Crippen LogP contribution in [0.25, 0.3) is 6.08 Å². The molecule has 2 heteroatoms. The number of carbonyl (C=O) groups is 1. The van der Waals surface area contributed by atoms with Crippen LogP contribution in [0.2, 0.25) is 0 Å². The van der Waals surface area contributed by atoms with Gasteiger partial charge < -0.3 is 0 Å². The average Bonchev–Trinajstić information content (AvgIpc) is 2.16. The van der Waals surface area contributed by atoms with Gasteiger partial charge in [0.2, 0.25) is 0 Å². The van der Waals surface area contributed by atoms with Crippen molar-refractivity contribution in [2.45, 2.75) is 13.8 Å². The van der Waals surface area contributed by atoms with Crippen molar-refractivity contribution in [2.75, 3.05) is 5.75 Å². The zero-order chi connectivity index (χ0) is 10.6. The van der Waals surface area contributed by atoms with E-state index in [1.165, 1.54) is 5.56 Å². The number of ketones is 1. The molecule has 0 heterocycles. The first-order chi connectivity index (χ1) is 6.65. The highest BCUT2D eigenvalue weighted by atomic mass is 32.1. The smallest absolute Gasteiger partial charge is 0.159 e. The molecule has 0 unspecified atom stereocenters. The fourth-order valence-corrected chi connectivity index (χ4v) is 1.32. The molecule has 74 valence electrons. The van der Waals surface area contributed by atoms with Gasteiger partial charge in [-0.1, -0.05) is 24.3 Å². The quantitative estimate of drug-likeness (QED) is 0.594. The fraction of sp³-hybridized carbons (Fsp3) is 0.250. The summed E-state index contributed by atoms with van der Waals surface area (Å²) in [5.74, 6) is 0.814. The van der Waals surface area contributed by atoms with Crippen LogP contribution >= 0.6 is 12.6 Å². The van der Waals surface area contributed by atoms with E-state index in [4.69, 9.17) is 0 Å². The van der Waals surface area contributed by atoms with Crippen molar-refractivity contribution >= 4 is 24.5 Å². The van der Waals surface area contributed by atoms with E-state index in [1.807, 2.05) is 37.3 Å². The first-order valence-electron chi connectivity index (χ1n) is 4.54. The Morgan fingerprint density at radius 2 is 2.21 bits per heavy atom. The minimum atomic E-state index is 0.102. The lowest BCUT2D eigenvalue weighted by Crippen LogP contribution is -1.93. The first-order valence-corrected chi connectivity index (χ1v) is 5.17. The normalized spacial score (nSPS) is 10.8. The minimum Gasteiger partial charge on any atom is -0.295 e. The Morgan fingerprint density at radius 1 is 1.50 bits per heavy atom. The molecule has 0 aromatic heterocycles. The Morgan fingerprint density at radius 3 is 2.79 bits per heavy atom. The molecule has 0 aliphatic heterocycles. The molecule has 0 amide bonds. The molecule has 0 saturated heterocycles. The van der Waals surface area contributed by atoms with Gasteiger partial charge in [0.25, 0.3) is 0 Å². The SMILES string of the molecule is CC(=O)c1ccc(C)c(C=CCS)c1. The van der Waals surface area contributed by atoms with Crippen LogP contribution in [-0.4, -0.2) is 11.5 Å². The van der Waals surface area contributed by atoms with Gasteiger partial charge in [0.05, 0.1) is 0 Å². The average molecular weight is 206 g/mol. The van der Waals surface area contributed by atoms with Crippen LogP contribution in [0, 0.1) is 6.92 Å². The van der Waals surface area contributed by atoms with E-state index < -0.39 is 0 Å². The van der Waals surface area contributed by atoms with Crippen molar-refractivity contribution in [3.05, 3.63) is 41.0 Å². The minimum absolute atomic E-state index is 0.102. The molecule has 1 aromatic carbocycles. The monoisotopic (exact) mass is 206 g/mol. The maximum absolute atomic E-state index is 11.1.